The second-order valence-electron chi connectivity index (χ2n) is 7.08. The highest BCUT2D eigenvalue weighted by atomic mass is 79.9. The largest absolute Gasteiger partial charge is 0.486 e. The standard InChI is InChI=1S/C21H23BrN4O5/c1-13-11-16(5-7-18(13)26(28)29)30-12-17-6-8-19(31-17)21(27)23-9-4-10-25-15(3)20(22)14(2)24-25/h5-8,11H,4,9-10,12H2,1-3H3,(H,23,27). The highest BCUT2D eigenvalue weighted by molar-refractivity contribution is 9.10. The fraction of sp³-hybridized carbons (Fsp3) is 0.333. The van der Waals surface area contributed by atoms with E-state index in [1.807, 2.05) is 18.5 Å². The van der Waals surface area contributed by atoms with Crippen molar-refractivity contribution in [2.45, 2.75) is 40.3 Å². The highest BCUT2D eigenvalue weighted by Gasteiger charge is 2.14. The van der Waals surface area contributed by atoms with Crippen molar-refractivity contribution < 1.29 is 18.9 Å². The molecule has 1 aromatic carbocycles. The summed E-state index contributed by atoms with van der Waals surface area (Å²) in [4.78, 5) is 22.7. The quantitative estimate of drug-likeness (QED) is 0.269. The Morgan fingerprint density at radius 3 is 2.71 bits per heavy atom. The van der Waals surface area contributed by atoms with Crippen LogP contribution in [0.4, 0.5) is 5.69 Å². The molecule has 0 saturated heterocycles. The predicted molar refractivity (Wildman–Crippen MR) is 117 cm³/mol. The number of nitrogens with one attached hydrogen (secondary N) is 1. The van der Waals surface area contributed by atoms with Crippen LogP contribution in [-0.4, -0.2) is 27.2 Å². The van der Waals surface area contributed by atoms with Crippen LogP contribution in [0.3, 0.4) is 0 Å². The van der Waals surface area contributed by atoms with Crippen LogP contribution in [0.2, 0.25) is 0 Å². The number of nitro groups is 1. The van der Waals surface area contributed by atoms with E-state index in [1.165, 1.54) is 12.1 Å². The molecule has 0 bridgehead atoms. The van der Waals surface area contributed by atoms with Gasteiger partial charge in [-0.25, -0.2) is 0 Å². The van der Waals surface area contributed by atoms with Crippen molar-refractivity contribution in [2.75, 3.05) is 6.54 Å². The van der Waals surface area contributed by atoms with Crippen LogP contribution in [0.1, 0.15) is 39.7 Å². The molecular formula is C21H23BrN4O5. The molecule has 2 heterocycles. The van der Waals surface area contributed by atoms with Crippen LogP contribution in [0.5, 0.6) is 5.75 Å². The molecule has 9 nitrogen and oxygen atoms in total. The van der Waals surface area contributed by atoms with Gasteiger partial charge in [0.1, 0.15) is 18.1 Å². The van der Waals surface area contributed by atoms with Gasteiger partial charge in [0.25, 0.3) is 11.6 Å². The Labute approximate surface area is 187 Å². The molecule has 0 aliphatic heterocycles. The minimum absolute atomic E-state index is 0.0368. The molecule has 0 unspecified atom stereocenters. The number of ether oxygens (including phenoxy) is 1. The van der Waals surface area contributed by atoms with Gasteiger partial charge in [0.15, 0.2) is 5.76 Å². The lowest BCUT2D eigenvalue weighted by atomic mass is 10.2. The highest BCUT2D eigenvalue weighted by Crippen LogP contribution is 2.24. The molecule has 1 N–H and O–H groups in total. The molecule has 10 heteroatoms. The van der Waals surface area contributed by atoms with Gasteiger partial charge in [-0.3, -0.25) is 19.6 Å². The van der Waals surface area contributed by atoms with Gasteiger partial charge in [-0.15, -0.1) is 0 Å². The molecular weight excluding hydrogens is 468 g/mol. The first kappa shape index (κ1) is 22.5. The monoisotopic (exact) mass is 490 g/mol. The van der Waals surface area contributed by atoms with Crippen LogP contribution < -0.4 is 10.1 Å². The molecule has 0 saturated carbocycles. The smallest absolute Gasteiger partial charge is 0.286 e. The third-order valence-electron chi connectivity index (χ3n) is 4.76. The summed E-state index contributed by atoms with van der Waals surface area (Å²) < 4.78 is 14.1. The second kappa shape index (κ2) is 9.78. The lowest BCUT2D eigenvalue weighted by molar-refractivity contribution is -0.385. The minimum Gasteiger partial charge on any atom is -0.486 e. The summed E-state index contributed by atoms with van der Waals surface area (Å²) in [6.45, 7) is 6.88. The number of amides is 1. The lowest BCUT2D eigenvalue weighted by Gasteiger charge is -2.06. The summed E-state index contributed by atoms with van der Waals surface area (Å²) in [5.41, 5.74) is 2.54. The third-order valence-corrected chi connectivity index (χ3v) is 5.90. The zero-order chi connectivity index (χ0) is 22.5. The molecule has 3 rings (SSSR count). The molecule has 0 fully saturated rings. The maximum atomic E-state index is 12.3. The Bertz CT molecular complexity index is 1110. The minimum atomic E-state index is -0.438. The Morgan fingerprint density at radius 2 is 2.06 bits per heavy atom. The Balaban J connectivity index is 1.46. The first-order valence-electron chi connectivity index (χ1n) is 9.70. The third kappa shape index (κ3) is 5.52. The Kier molecular flexibility index (Phi) is 7.11. The number of carbonyl (C=O) groups excluding carboxylic acids is 1. The molecule has 0 spiro atoms. The normalized spacial score (nSPS) is 10.8. The van der Waals surface area contributed by atoms with E-state index in [4.69, 9.17) is 9.15 Å². The molecule has 0 aliphatic carbocycles. The number of aromatic nitrogens is 2. The van der Waals surface area contributed by atoms with E-state index in [0.29, 0.717) is 30.2 Å². The SMILES string of the molecule is Cc1cc(OCc2ccc(C(=O)NCCCn3nc(C)c(Br)c3C)o2)ccc1[N+](=O)[O-]. The zero-order valence-corrected chi connectivity index (χ0v) is 19.1. The number of benzene rings is 1. The van der Waals surface area contributed by atoms with E-state index >= 15 is 0 Å². The summed E-state index contributed by atoms with van der Waals surface area (Å²) in [7, 11) is 0. The molecule has 0 atom stereocenters. The van der Waals surface area contributed by atoms with E-state index in [9.17, 15) is 14.9 Å². The van der Waals surface area contributed by atoms with E-state index in [1.54, 1.807) is 25.1 Å². The molecule has 3 aromatic rings. The predicted octanol–water partition coefficient (Wildman–Crippen LogP) is 4.47. The summed E-state index contributed by atoms with van der Waals surface area (Å²) >= 11 is 3.50. The summed E-state index contributed by atoms with van der Waals surface area (Å²) in [5.74, 6) is 0.870. The number of carbonyl (C=O) groups is 1. The van der Waals surface area contributed by atoms with E-state index in [2.05, 4.69) is 26.3 Å². The number of furan rings is 1. The number of aryl methyl sites for hydroxylation is 3. The van der Waals surface area contributed by atoms with Crippen LogP contribution in [0, 0.1) is 30.9 Å². The van der Waals surface area contributed by atoms with Gasteiger partial charge in [0.05, 0.1) is 15.1 Å². The van der Waals surface area contributed by atoms with Crippen molar-refractivity contribution >= 4 is 27.5 Å². The van der Waals surface area contributed by atoms with Crippen LogP contribution in [0.25, 0.3) is 0 Å². The van der Waals surface area contributed by atoms with Gasteiger partial charge in [-0.05, 0) is 67.4 Å². The average Bonchev–Trinajstić information content (AvgIpc) is 3.30. The molecule has 2 aromatic heterocycles. The lowest BCUT2D eigenvalue weighted by Crippen LogP contribution is -2.25. The molecule has 0 radical (unpaired) electrons. The van der Waals surface area contributed by atoms with Crippen molar-refractivity contribution in [2.24, 2.45) is 0 Å². The molecule has 164 valence electrons. The van der Waals surface area contributed by atoms with Crippen molar-refractivity contribution in [1.82, 2.24) is 15.1 Å². The van der Waals surface area contributed by atoms with E-state index in [0.717, 1.165) is 22.3 Å². The van der Waals surface area contributed by atoms with Gasteiger partial charge in [-0.1, -0.05) is 0 Å². The molecule has 31 heavy (non-hydrogen) atoms. The molecule has 1 amide bonds. The average molecular weight is 491 g/mol. The Hall–Kier alpha value is -3.14. The molecule has 0 aliphatic rings. The Morgan fingerprint density at radius 1 is 1.29 bits per heavy atom. The van der Waals surface area contributed by atoms with Crippen molar-refractivity contribution in [3.63, 3.8) is 0 Å². The first-order chi connectivity index (χ1) is 14.8. The number of rotatable bonds is 9. The van der Waals surface area contributed by atoms with Crippen molar-refractivity contribution in [3.05, 3.63) is 73.4 Å². The van der Waals surface area contributed by atoms with Crippen molar-refractivity contribution in [1.29, 1.82) is 0 Å². The fourth-order valence-corrected chi connectivity index (χ4v) is 3.35. The van der Waals surface area contributed by atoms with Crippen molar-refractivity contribution in [3.8, 4) is 5.75 Å². The fourth-order valence-electron chi connectivity index (χ4n) is 3.07. The topological polar surface area (TPSA) is 112 Å². The number of hydrogen-bond donors (Lipinski definition) is 1. The van der Waals surface area contributed by atoms with Gasteiger partial charge in [0.2, 0.25) is 0 Å². The second-order valence-corrected chi connectivity index (χ2v) is 7.87. The number of nitrogens with zero attached hydrogens (tertiary/aromatic N) is 3. The maximum absolute atomic E-state index is 12.3. The van der Waals surface area contributed by atoms with Crippen LogP contribution in [0.15, 0.2) is 39.2 Å². The van der Waals surface area contributed by atoms with Gasteiger partial charge in [0, 0.05) is 30.4 Å². The van der Waals surface area contributed by atoms with Crippen LogP contribution >= 0.6 is 15.9 Å². The summed E-state index contributed by atoms with van der Waals surface area (Å²) in [5, 5.41) is 18.2. The van der Waals surface area contributed by atoms with E-state index < -0.39 is 4.92 Å². The summed E-state index contributed by atoms with van der Waals surface area (Å²) in [6.07, 6.45) is 0.732. The number of nitro benzene ring substituents is 1. The number of halogens is 1. The van der Waals surface area contributed by atoms with Crippen LogP contribution in [-0.2, 0) is 13.2 Å². The summed E-state index contributed by atoms with van der Waals surface area (Å²) in [6, 6.07) is 7.78. The number of hydrogen-bond acceptors (Lipinski definition) is 6. The van der Waals surface area contributed by atoms with Gasteiger partial charge >= 0.3 is 0 Å². The maximum Gasteiger partial charge on any atom is 0.286 e. The first-order valence-corrected chi connectivity index (χ1v) is 10.5. The van der Waals surface area contributed by atoms with Gasteiger partial charge < -0.3 is 14.5 Å². The van der Waals surface area contributed by atoms with Gasteiger partial charge in [-0.2, -0.15) is 5.10 Å². The zero-order valence-electron chi connectivity index (χ0n) is 17.5. The van der Waals surface area contributed by atoms with E-state index in [-0.39, 0.29) is 24.0 Å².